The summed E-state index contributed by atoms with van der Waals surface area (Å²) in [6.45, 7) is 8.52. The maximum Gasteiger partial charge on any atom is 0.268 e. The quantitative estimate of drug-likeness (QED) is 0.566. The zero-order chi connectivity index (χ0) is 22.1. The molecule has 1 spiro atoms. The number of nitrogens with zero attached hydrogens (tertiary/aromatic N) is 5. The third-order valence-corrected chi connectivity index (χ3v) is 7.05. The van der Waals surface area contributed by atoms with Crippen LogP contribution in [-0.4, -0.2) is 47.8 Å². The number of aryl methyl sites for hydroxylation is 1. The van der Waals surface area contributed by atoms with Gasteiger partial charge >= 0.3 is 0 Å². The van der Waals surface area contributed by atoms with Gasteiger partial charge in [-0.2, -0.15) is 4.99 Å². The molecule has 1 saturated heterocycles. The summed E-state index contributed by atoms with van der Waals surface area (Å²) < 4.78 is 2.15. The van der Waals surface area contributed by atoms with Crippen molar-refractivity contribution in [3.8, 4) is 0 Å². The third-order valence-electron chi connectivity index (χ3n) is 7.05. The molecular weight excluding hydrogens is 402 g/mol. The number of guanidine groups is 1. The van der Waals surface area contributed by atoms with Gasteiger partial charge in [-0.1, -0.05) is 12.8 Å². The Hall–Kier alpha value is -3.16. The molecule has 2 aliphatic heterocycles. The number of anilines is 2. The molecule has 168 valence electrons. The van der Waals surface area contributed by atoms with Gasteiger partial charge < -0.3 is 20.1 Å². The van der Waals surface area contributed by atoms with Crippen LogP contribution in [0.2, 0.25) is 0 Å². The number of pyridine rings is 1. The first kappa shape index (κ1) is 20.7. The van der Waals surface area contributed by atoms with Crippen molar-refractivity contribution in [3.63, 3.8) is 0 Å². The van der Waals surface area contributed by atoms with E-state index in [0.29, 0.717) is 24.0 Å². The molecule has 0 unspecified atom stereocenters. The van der Waals surface area contributed by atoms with E-state index in [1.165, 1.54) is 19.3 Å². The number of hydrogen-bond acceptors (Lipinski definition) is 4. The minimum Gasteiger partial charge on any atom is -0.370 e. The first-order chi connectivity index (χ1) is 15.6. The number of nitrogens with one attached hydrogen (secondary N) is 2. The number of fused-ring (bicyclic) bond motifs is 2. The second-order valence-corrected chi connectivity index (χ2v) is 9.15. The van der Waals surface area contributed by atoms with Gasteiger partial charge in [-0.15, -0.1) is 0 Å². The lowest BCUT2D eigenvalue weighted by molar-refractivity contribution is 0.0874. The lowest BCUT2D eigenvalue weighted by atomic mass is 9.94. The first-order valence-electron chi connectivity index (χ1n) is 11.6. The maximum atomic E-state index is 12.6. The Morgan fingerprint density at radius 3 is 2.66 bits per heavy atom. The highest BCUT2D eigenvalue weighted by atomic mass is 16.2. The fraction of sp³-hybridized carbons (Fsp3) is 0.500. The van der Waals surface area contributed by atoms with Gasteiger partial charge in [-0.3, -0.25) is 4.79 Å². The van der Waals surface area contributed by atoms with Crippen molar-refractivity contribution in [2.45, 2.75) is 57.4 Å². The molecule has 32 heavy (non-hydrogen) atoms. The van der Waals surface area contributed by atoms with Crippen LogP contribution in [0.1, 0.15) is 61.0 Å². The van der Waals surface area contributed by atoms with Gasteiger partial charge in [-0.05, 0) is 69.5 Å². The third kappa shape index (κ3) is 3.67. The van der Waals surface area contributed by atoms with E-state index < -0.39 is 0 Å². The highest BCUT2D eigenvalue weighted by Crippen LogP contribution is 2.43. The predicted molar refractivity (Wildman–Crippen MR) is 129 cm³/mol. The van der Waals surface area contributed by atoms with E-state index in [1.54, 1.807) is 0 Å². The van der Waals surface area contributed by atoms with Crippen LogP contribution in [0.25, 0.3) is 0 Å². The van der Waals surface area contributed by atoms with Crippen molar-refractivity contribution < 1.29 is 4.79 Å². The Kier molecular flexibility index (Phi) is 5.45. The van der Waals surface area contributed by atoms with E-state index >= 15 is 0 Å². The molecule has 0 bridgehead atoms. The fourth-order valence-electron chi connectivity index (χ4n) is 5.37. The monoisotopic (exact) mass is 433 g/mol. The molecule has 3 aliphatic rings. The summed E-state index contributed by atoms with van der Waals surface area (Å²) in [7, 11) is 0. The maximum absolute atomic E-state index is 12.6. The summed E-state index contributed by atoms with van der Waals surface area (Å²) in [4.78, 5) is 28.4. The highest BCUT2D eigenvalue weighted by Gasteiger charge is 2.43. The molecule has 8 heteroatoms. The van der Waals surface area contributed by atoms with Gasteiger partial charge in [0.15, 0.2) is 0 Å². The summed E-state index contributed by atoms with van der Waals surface area (Å²) >= 11 is 0. The zero-order valence-corrected chi connectivity index (χ0v) is 18.7. The van der Waals surface area contributed by atoms with Crippen molar-refractivity contribution in [2.75, 3.05) is 29.9 Å². The number of rotatable bonds is 3. The minimum atomic E-state index is -0.100. The fourth-order valence-corrected chi connectivity index (χ4v) is 5.37. The largest absolute Gasteiger partial charge is 0.370 e. The van der Waals surface area contributed by atoms with Crippen LogP contribution >= 0.6 is 0 Å². The van der Waals surface area contributed by atoms with Crippen molar-refractivity contribution >= 4 is 35.9 Å². The molecule has 8 nitrogen and oxygen atoms in total. The van der Waals surface area contributed by atoms with Gasteiger partial charge in [0, 0.05) is 19.6 Å². The Bertz CT molecular complexity index is 1040. The summed E-state index contributed by atoms with van der Waals surface area (Å²) in [5, 5.41) is 6.28. The molecule has 1 aliphatic carbocycles. The van der Waals surface area contributed by atoms with E-state index in [-0.39, 0.29) is 11.4 Å². The van der Waals surface area contributed by atoms with E-state index in [2.05, 4.69) is 42.9 Å². The number of aliphatic imine (C=N–C) groups is 2. The zero-order valence-electron chi connectivity index (χ0n) is 18.7. The Balaban J connectivity index is 1.43. The molecule has 0 aromatic carbocycles. The summed E-state index contributed by atoms with van der Waals surface area (Å²) in [5.41, 5.74) is 2.68. The van der Waals surface area contributed by atoms with Gasteiger partial charge in [0.05, 0.1) is 17.4 Å². The summed E-state index contributed by atoms with van der Waals surface area (Å²) in [6, 6.07) is 5.97. The van der Waals surface area contributed by atoms with E-state index in [1.807, 2.05) is 25.3 Å². The van der Waals surface area contributed by atoms with Crippen molar-refractivity contribution in [1.82, 2.24) is 14.9 Å². The molecule has 4 heterocycles. The summed E-state index contributed by atoms with van der Waals surface area (Å²) in [6.07, 6.45) is 10.1. The summed E-state index contributed by atoms with van der Waals surface area (Å²) in [5.74, 6) is 1.79. The lowest BCUT2D eigenvalue weighted by Gasteiger charge is -2.37. The molecular formula is C24H31N7O. The van der Waals surface area contributed by atoms with Crippen molar-refractivity contribution in [2.24, 2.45) is 9.98 Å². The van der Waals surface area contributed by atoms with Crippen LogP contribution < -0.4 is 15.5 Å². The molecule has 2 N–H and O–H groups in total. The molecule has 0 radical (unpaired) electrons. The topological polar surface area (TPSA) is 86.9 Å². The predicted octanol–water partition coefficient (Wildman–Crippen LogP) is 3.99. The number of aromatic nitrogens is 2. The van der Waals surface area contributed by atoms with Gasteiger partial charge in [0.25, 0.3) is 5.91 Å². The number of amides is 1. The average molecular weight is 434 g/mol. The lowest BCUT2D eigenvalue weighted by Crippen LogP contribution is -2.49. The molecule has 1 amide bonds. The Morgan fingerprint density at radius 1 is 1.19 bits per heavy atom. The second-order valence-electron chi connectivity index (χ2n) is 9.15. The standard InChI is InChI=1S/C24H31N7O/c1-17-14-19-22(32)27-16-24(10-4-5-11-24)31(19)21(17)29-23(25-2)28-20-9-8-18(15-26-20)30-12-6-3-7-13-30/h8-9,14-15H,2-7,10-13,16H2,1H3,(H,27,32)(H,26,28,29). The molecule has 2 aromatic rings. The van der Waals surface area contributed by atoms with Crippen LogP contribution in [0.4, 0.5) is 17.3 Å². The van der Waals surface area contributed by atoms with Crippen LogP contribution in [0.15, 0.2) is 34.4 Å². The number of carbonyl (C=O) groups excluding carboxylic acids is 1. The smallest absolute Gasteiger partial charge is 0.268 e. The van der Waals surface area contributed by atoms with Crippen LogP contribution in [-0.2, 0) is 5.54 Å². The molecule has 1 saturated carbocycles. The van der Waals surface area contributed by atoms with Crippen LogP contribution in [0, 0.1) is 6.92 Å². The number of hydrogen-bond donors (Lipinski definition) is 2. The highest BCUT2D eigenvalue weighted by molar-refractivity contribution is 5.99. The van der Waals surface area contributed by atoms with E-state index in [9.17, 15) is 4.79 Å². The SMILES string of the molecule is C=N/C(=N\c1c(C)cc2n1C1(CCCC1)CNC2=O)Nc1ccc(N2CCCCC2)cn1. The van der Waals surface area contributed by atoms with Crippen molar-refractivity contribution in [1.29, 1.82) is 0 Å². The Morgan fingerprint density at radius 2 is 1.97 bits per heavy atom. The van der Waals surface area contributed by atoms with Gasteiger partial charge in [0.2, 0.25) is 5.96 Å². The molecule has 0 atom stereocenters. The minimum absolute atomic E-state index is 0.0388. The number of carbonyl (C=O) groups is 1. The normalized spacial score (nSPS) is 20.2. The van der Waals surface area contributed by atoms with Crippen LogP contribution in [0.3, 0.4) is 0 Å². The number of piperidine rings is 1. The van der Waals surface area contributed by atoms with Crippen LogP contribution in [0.5, 0.6) is 0 Å². The first-order valence-corrected chi connectivity index (χ1v) is 11.6. The van der Waals surface area contributed by atoms with E-state index in [0.717, 1.165) is 55.8 Å². The second kappa shape index (κ2) is 8.41. The molecule has 2 fully saturated rings. The molecule has 2 aromatic heterocycles. The Labute approximate surface area is 188 Å². The average Bonchev–Trinajstić information content (AvgIpc) is 3.43. The molecule has 5 rings (SSSR count). The van der Waals surface area contributed by atoms with E-state index in [4.69, 9.17) is 4.99 Å². The van der Waals surface area contributed by atoms with Gasteiger partial charge in [-0.25, -0.2) is 9.98 Å². The van der Waals surface area contributed by atoms with Gasteiger partial charge in [0.1, 0.15) is 17.3 Å². The van der Waals surface area contributed by atoms with Crippen molar-refractivity contribution in [3.05, 3.63) is 35.7 Å².